The number of hydrogen-bond acceptors (Lipinski definition) is 3. The van der Waals surface area contributed by atoms with Gasteiger partial charge in [0.25, 0.3) is 0 Å². The minimum atomic E-state index is 0.128. The summed E-state index contributed by atoms with van der Waals surface area (Å²) < 4.78 is 5.83. The molecule has 0 radical (unpaired) electrons. The summed E-state index contributed by atoms with van der Waals surface area (Å²) in [6, 6.07) is 8.91. The second kappa shape index (κ2) is 5.39. The lowest BCUT2D eigenvalue weighted by Gasteiger charge is -2.37. The summed E-state index contributed by atoms with van der Waals surface area (Å²) in [7, 11) is 0. The molecule has 1 aliphatic carbocycles. The molecule has 3 heteroatoms. The largest absolute Gasteiger partial charge is 0.392 e. The number of benzene rings is 1. The van der Waals surface area contributed by atoms with E-state index >= 15 is 0 Å². The fraction of sp³-hybridized carbons (Fsp3) is 0.600. The molecule has 3 nitrogen and oxygen atoms in total. The molecule has 0 aromatic heterocycles. The van der Waals surface area contributed by atoms with Crippen LogP contribution in [-0.4, -0.2) is 35.3 Å². The van der Waals surface area contributed by atoms with E-state index in [2.05, 4.69) is 17.0 Å². The van der Waals surface area contributed by atoms with Crippen LogP contribution in [0.25, 0.3) is 0 Å². The van der Waals surface area contributed by atoms with Crippen molar-refractivity contribution in [1.29, 1.82) is 0 Å². The van der Waals surface area contributed by atoms with Crippen molar-refractivity contribution in [2.75, 3.05) is 13.2 Å². The van der Waals surface area contributed by atoms with Crippen LogP contribution in [0, 0.1) is 0 Å². The maximum atomic E-state index is 9.05. The van der Waals surface area contributed by atoms with Crippen LogP contribution in [0.5, 0.6) is 0 Å². The van der Waals surface area contributed by atoms with Crippen LogP contribution in [-0.2, 0) is 17.9 Å². The van der Waals surface area contributed by atoms with Gasteiger partial charge in [-0.05, 0) is 30.4 Å². The van der Waals surface area contributed by atoms with Crippen molar-refractivity contribution in [2.24, 2.45) is 0 Å². The molecule has 1 N–H and O–H groups in total. The molecule has 18 heavy (non-hydrogen) atoms. The van der Waals surface area contributed by atoms with Crippen LogP contribution < -0.4 is 0 Å². The fourth-order valence-corrected chi connectivity index (χ4v) is 3.19. The SMILES string of the molecule is OCc1ccc(CN2CCOC3CCCC32)cc1. The van der Waals surface area contributed by atoms with Crippen molar-refractivity contribution in [2.45, 2.75) is 44.6 Å². The standard InChI is InChI=1S/C15H21NO2/c17-11-13-6-4-12(5-7-13)10-16-8-9-18-15-3-1-2-14(15)16/h4-7,14-15,17H,1-3,8-11H2. The first-order chi connectivity index (χ1) is 8.86. The number of nitrogens with zero attached hydrogens (tertiary/aromatic N) is 1. The van der Waals surface area contributed by atoms with E-state index < -0.39 is 0 Å². The second-order valence-electron chi connectivity index (χ2n) is 5.35. The Morgan fingerprint density at radius 3 is 2.72 bits per heavy atom. The van der Waals surface area contributed by atoms with Gasteiger partial charge in [-0.1, -0.05) is 24.3 Å². The summed E-state index contributed by atoms with van der Waals surface area (Å²) in [5.74, 6) is 0. The minimum Gasteiger partial charge on any atom is -0.392 e. The lowest BCUT2D eigenvalue weighted by Crippen LogP contribution is -2.47. The smallest absolute Gasteiger partial charge is 0.0731 e. The summed E-state index contributed by atoms with van der Waals surface area (Å²) in [4.78, 5) is 2.56. The van der Waals surface area contributed by atoms with Gasteiger partial charge >= 0.3 is 0 Å². The Kier molecular flexibility index (Phi) is 3.64. The zero-order valence-electron chi connectivity index (χ0n) is 10.7. The van der Waals surface area contributed by atoms with Gasteiger partial charge in [-0.25, -0.2) is 0 Å². The first-order valence-electron chi connectivity index (χ1n) is 6.91. The molecule has 0 bridgehead atoms. The molecule has 0 spiro atoms. The van der Waals surface area contributed by atoms with Gasteiger partial charge in [0.05, 0.1) is 19.3 Å². The molecule has 1 saturated heterocycles. The van der Waals surface area contributed by atoms with E-state index in [9.17, 15) is 0 Å². The van der Waals surface area contributed by atoms with E-state index in [0.717, 1.165) is 25.3 Å². The quantitative estimate of drug-likeness (QED) is 0.886. The van der Waals surface area contributed by atoms with Gasteiger partial charge in [0.2, 0.25) is 0 Å². The minimum absolute atomic E-state index is 0.128. The van der Waals surface area contributed by atoms with E-state index in [1.807, 2.05) is 12.1 Å². The number of aliphatic hydroxyl groups excluding tert-OH is 1. The molecule has 98 valence electrons. The molecule has 1 aromatic rings. The molecule has 2 aliphatic rings. The Labute approximate surface area is 108 Å². The number of rotatable bonds is 3. The van der Waals surface area contributed by atoms with Crippen molar-refractivity contribution in [3.63, 3.8) is 0 Å². The van der Waals surface area contributed by atoms with Gasteiger partial charge in [-0.15, -0.1) is 0 Å². The van der Waals surface area contributed by atoms with Crippen LogP contribution in [0.2, 0.25) is 0 Å². The van der Waals surface area contributed by atoms with E-state index in [1.54, 1.807) is 0 Å². The van der Waals surface area contributed by atoms with E-state index in [4.69, 9.17) is 9.84 Å². The maximum Gasteiger partial charge on any atom is 0.0731 e. The van der Waals surface area contributed by atoms with Gasteiger partial charge in [-0.3, -0.25) is 4.90 Å². The fourth-order valence-electron chi connectivity index (χ4n) is 3.19. The summed E-state index contributed by atoms with van der Waals surface area (Å²) in [5.41, 5.74) is 2.32. The first kappa shape index (κ1) is 12.2. The number of ether oxygens (including phenoxy) is 1. The molecular formula is C15H21NO2. The van der Waals surface area contributed by atoms with Gasteiger partial charge < -0.3 is 9.84 Å². The topological polar surface area (TPSA) is 32.7 Å². The summed E-state index contributed by atoms with van der Waals surface area (Å²) in [6.07, 6.45) is 4.27. The van der Waals surface area contributed by atoms with Gasteiger partial charge in [0.15, 0.2) is 0 Å². The monoisotopic (exact) mass is 247 g/mol. The molecule has 3 rings (SSSR count). The molecular weight excluding hydrogens is 226 g/mol. The van der Waals surface area contributed by atoms with E-state index in [-0.39, 0.29) is 6.61 Å². The highest BCUT2D eigenvalue weighted by atomic mass is 16.5. The molecule has 1 aliphatic heterocycles. The zero-order valence-corrected chi connectivity index (χ0v) is 10.7. The molecule has 1 saturated carbocycles. The Bertz CT molecular complexity index is 390. The van der Waals surface area contributed by atoms with Crippen molar-refractivity contribution in [1.82, 2.24) is 4.90 Å². The van der Waals surface area contributed by atoms with Gasteiger partial charge in [0, 0.05) is 19.1 Å². The lowest BCUT2D eigenvalue weighted by molar-refractivity contribution is -0.0588. The highest BCUT2D eigenvalue weighted by Gasteiger charge is 2.35. The predicted octanol–water partition coefficient (Wildman–Crippen LogP) is 1.93. The number of morpholine rings is 1. The zero-order chi connectivity index (χ0) is 12.4. The number of aliphatic hydroxyl groups is 1. The average molecular weight is 247 g/mol. The summed E-state index contributed by atoms with van der Waals surface area (Å²) in [5, 5.41) is 9.05. The average Bonchev–Trinajstić information content (AvgIpc) is 2.89. The number of fused-ring (bicyclic) bond motifs is 1. The van der Waals surface area contributed by atoms with Gasteiger partial charge in [-0.2, -0.15) is 0 Å². The Morgan fingerprint density at radius 1 is 1.17 bits per heavy atom. The van der Waals surface area contributed by atoms with Crippen LogP contribution in [0.4, 0.5) is 0 Å². The summed E-state index contributed by atoms with van der Waals surface area (Å²) >= 11 is 0. The van der Waals surface area contributed by atoms with Crippen molar-refractivity contribution in [3.8, 4) is 0 Å². The summed E-state index contributed by atoms with van der Waals surface area (Å²) in [6.45, 7) is 3.05. The van der Waals surface area contributed by atoms with Crippen LogP contribution in [0.3, 0.4) is 0 Å². The third-order valence-corrected chi connectivity index (χ3v) is 4.19. The van der Waals surface area contributed by atoms with Gasteiger partial charge in [0.1, 0.15) is 0 Å². The third kappa shape index (κ3) is 2.44. The Morgan fingerprint density at radius 2 is 1.94 bits per heavy atom. The van der Waals surface area contributed by atoms with Crippen LogP contribution >= 0.6 is 0 Å². The van der Waals surface area contributed by atoms with Crippen LogP contribution in [0.15, 0.2) is 24.3 Å². The molecule has 2 fully saturated rings. The van der Waals surface area contributed by atoms with E-state index in [1.165, 1.54) is 24.8 Å². The molecule has 2 atom stereocenters. The molecule has 1 aromatic carbocycles. The first-order valence-corrected chi connectivity index (χ1v) is 6.91. The highest BCUT2D eigenvalue weighted by Crippen LogP contribution is 2.30. The predicted molar refractivity (Wildman–Crippen MR) is 70.2 cm³/mol. The molecule has 1 heterocycles. The maximum absolute atomic E-state index is 9.05. The van der Waals surface area contributed by atoms with Crippen molar-refractivity contribution >= 4 is 0 Å². The lowest BCUT2D eigenvalue weighted by atomic mass is 10.1. The highest BCUT2D eigenvalue weighted by molar-refractivity contribution is 5.22. The van der Waals surface area contributed by atoms with Crippen molar-refractivity contribution in [3.05, 3.63) is 35.4 Å². The Balaban J connectivity index is 1.67. The normalized spacial score (nSPS) is 28.3. The molecule has 0 amide bonds. The second-order valence-corrected chi connectivity index (χ2v) is 5.35. The Hall–Kier alpha value is -0.900. The van der Waals surface area contributed by atoms with Crippen LogP contribution in [0.1, 0.15) is 30.4 Å². The third-order valence-electron chi connectivity index (χ3n) is 4.19. The van der Waals surface area contributed by atoms with E-state index in [0.29, 0.717) is 12.1 Å². The molecule has 2 unspecified atom stereocenters. The van der Waals surface area contributed by atoms with Crippen molar-refractivity contribution < 1.29 is 9.84 Å². The number of hydrogen-bond donors (Lipinski definition) is 1.